The van der Waals surface area contributed by atoms with E-state index in [-0.39, 0.29) is 6.04 Å². The summed E-state index contributed by atoms with van der Waals surface area (Å²) in [5, 5.41) is 4.59. The van der Waals surface area contributed by atoms with Crippen molar-refractivity contribution in [2.24, 2.45) is 5.73 Å². The lowest BCUT2D eigenvalue weighted by Crippen LogP contribution is -2.27. The average molecular weight is 279 g/mol. The van der Waals surface area contributed by atoms with Crippen molar-refractivity contribution >= 4 is 0 Å². The van der Waals surface area contributed by atoms with Gasteiger partial charge in [-0.05, 0) is 51.5 Å². The van der Waals surface area contributed by atoms with Gasteiger partial charge in [-0.25, -0.2) is 0 Å². The molecule has 4 heteroatoms. The van der Waals surface area contributed by atoms with Crippen LogP contribution in [0.15, 0.2) is 6.07 Å². The minimum absolute atomic E-state index is 0.215. The monoisotopic (exact) mass is 279 g/mol. The van der Waals surface area contributed by atoms with Crippen LogP contribution in [0, 0.1) is 0 Å². The van der Waals surface area contributed by atoms with E-state index in [1.54, 1.807) is 0 Å². The van der Waals surface area contributed by atoms with Gasteiger partial charge >= 0.3 is 0 Å². The molecule has 0 amide bonds. The highest BCUT2D eigenvalue weighted by molar-refractivity contribution is 5.11. The molecule has 0 radical (unpaired) electrons. The first-order chi connectivity index (χ1) is 9.72. The van der Waals surface area contributed by atoms with Crippen LogP contribution < -0.4 is 5.73 Å². The Morgan fingerprint density at radius 1 is 1.45 bits per heavy atom. The van der Waals surface area contributed by atoms with Crippen LogP contribution >= 0.6 is 0 Å². The van der Waals surface area contributed by atoms with Crippen molar-refractivity contribution in [1.29, 1.82) is 0 Å². The Morgan fingerprint density at radius 3 is 2.95 bits per heavy atom. The standard InChI is InChI=1S/C16H29N3O/c1-3-14-12-15(19(4-2)18-14)11-13(17)8-9-16-7-5-6-10-20-16/h12-13,16H,3-11,17H2,1-2H3. The molecule has 4 nitrogen and oxygen atoms in total. The molecule has 0 aromatic carbocycles. The summed E-state index contributed by atoms with van der Waals surface area (Å²) in [4.78, 5) is 0. The second-order valence-corrected chi connectivity index (χ2v) is 5.83. The van der Waals surface area contributed by atoms with Crippen LogP contribution in [0.1, 0.15) is 57.3 Å². The van der Waals surface area contributed by atoms with E-state index in [0.29, 0.717) is 6.10 Å². The van der Waals surface area contributed by atoms with Crippen LogP contribution in [-0.4, -0.2) is 28.5 Å². The van der Waals surface area contributed by atoms with Gasteiger partial charge in [0.1, 0.15) is 0 Å². The van der Waals surface area contributed by atoms with E-state index < -0.39 is 0 Å². The molecule has 1 saturated heterocycles. The highest BCUT2D eigenvalue weighted by Crippen LogP contribution is 2.18. The molecule has 2 rings (SSSR count). The topological polar surface area (TPSA) is 53.1 Å². The Hall–Kier alpha value is -0.870. The van der Waals surface area contributed by atoms with Gasteiger partial charge in [0.05, 0.1) is 11.8 Å². The number of ether oxygens (including phenoxy) is 1. The maximum Gasteiger partial charge on any atom is 0.0624 e. The number of aryl methyl sites for hydroxylation is 2. The van der Waals surface area contributed by atoms with Crippen molar-refractivity contribution in [2.45, 2.75) is 77.5 Å². The summed E-state index contributed by atoms with van der Waals surface area (Å²) in [6, 6.07) is 2.42. The summed E-state index contributed by atoms with van der Waals surface area (Å²) in [6.07, 6.45) is 8.24. The zero-order chi connectivity index (χ0) is 14.4. The highest BCUT2D eigenvalue weighted by atomic mass is 16.5. The van der Waals surface area contributed by atoms with Crippen LogP contribution in [0.5, 0.6) is 0 Å². The first kappa shape index (κ1) is 15.5. The van der Waals surface area contributed by atoms with E-state index >= 15 is 0 Å². The second kappa shape index (κ2) is 7.79. The van der Waals surface area contributed by atoms with Crippen LogP contribution in [-0.2, 0) is 24.1 Å². The lowest BCUT2D eigenvalue weighted by atomic mass is 9.99. The van der Waals surface area contributed by atoms with Crippen molar-refractivity contribution in [3.63, 3.8) is 0 Å². The van der Waals surface area contributed by atoms with E-state index in [1.807, 2.05) is 0 Å². The third kappa shape index (κ3) is 4.32. The normalized spacial score (nSPS) is 21.1. The molecule has 2 atom stereocenters. The molecule has 1 aromatic heterocycles. The van der Waals surface area contributed by atoms with Gasteiger partial charge in [0.15, 0.2) is 0 Å². The van der Waals surface area contributed by atoms with Gasteiger partial charge in [-0.15, -0.1) is 0 Å². The molecule has 0 spiro atoms. The minimum Gasteiger partial charge on any atom is -0.378 e. The second-order valence-electron chi connectivity index (χ2n) is 5.83. The fraction of sp³-hybridized carbons (Fsp3) is 0.812. The van der Waals surface area contributed by atoms with Crippen molar-refractivity contribution < 1.29 is 4.74 Å². The molecule has 0 aliphatic carbocycles. The Labute approximate surface area is 122 Å². The van der Waals surface area contributed by atoms with Crippen molar-refractivity contribution in [3.8, 4) is 0 Å². The Bertz CT molecular complexity index is 396. The summed E-state index contributed by atoms with van der Waals surface area (Å²) in [6.45, 7) is 6.14. The molecule has 114 valence electrons. The smallest absolute Gasteiger partial charge is 0.0624 e. The summed E-state index contributed by atoms with van der Waals surface area (Å²) in [5.41, 5.74) is 8.75. The minimum atomic E-state index is 0.215. The predicted octanol–water partition coefficient (Wildman–Crippen LogP) is 2.68. The summed E-state index contributed by atoms with van der Waals surface area (Å²) < 4.78 is 7.86. The van der Waals surface area contributed by atoms with E-state index in [9.17, 15) is 0 Å². The van der Waals surface area contributed by atoms with Gasteiger partial charge in [-0.1, -0.05) is 6.92 Å². The quantitative estimate of drug-likeness (QED) is 0.835. The summed E-state index contributed by atoms with van der Waals surface area (Å²) in [7, 11) is 0. The van der Waals surface area contributed by atoms with Crippen LogP contribution in [0.25, 0.3) is 0 Å². The summed E-state index contributed by atoms with van der Waals surface area (Å²) >= 11 is 0. The lowest BCUT2D eigenvalue weighted by Gasteiger charge is -2.23. The maximum atomic E-state index is 6.30. The number of rotatable bonds is 7. The van der Waals surface area contributed by atoms with Gasteiger partial charge in [0.25, 0.3) is 0 Å². The van der Waals surface area contributed by atoms with E-state index in [2.05, 4.69) is 29.7 Å². The summed E-state index contributed by atoms with van der Waals surface area (Å²) in [5.74, 6) is 0. The molecule has 1 aliphatic rings. The predicted molar refractivity (Wildman–Crippen MR) is 81.8 cm³/mol. The van der Waals surface area contributed by atoms with Crippen molar-refractivity contribution in [3.05, 3.63) is 17.5 Å². The first-order valence-corrected chi connectivity index (χ1v) is 8.15. The molecular weight excluding hydrogens is 250 g/mol. The molecule has 1 aliphatic heterocycles. The van der Waals surface area contributed by atoms with Crippen molar-refractivity contribution in [1.82, 2.24) is 9.78 Å². The Balaban J connectivity index is 1.81. The van der Waals surface area contributed by atoms with E-state index in [0.717, 1.165) is 38.8 Å². The van der Waals surface area contributed by atoms with Gasteiger partial charge in [-0.3, -0.25) is 4.68 Å². The maximum absolute atomic E-state index is 6.30. The zero-order valence-electron chi connectivity index (χ0n) is 13.0. The van der Waals surface area contributed by atoms with Crippen LogP contribution in [0.4, 0.5) is 0 Å². The average Bonchev–Trinajstić information content (AvgIpc) is 2.88. The van der Waals surface area contributed by atoms with Gasteiger partial charge in [-0.2, -0.15) is 5.10 Å². The number of hydrogen-bond acceptors (Lipinski definition) is 3. The molecular formula is C16H29N3O. The molecule has 2 heterocycles. The largest absolute Gasteiger partial charge is 0.378 e. The van der Waals surface area contributed by atoms with Gasteiger partial charge < -0.3 is 10.5 Å². The third-order valence-corrected chi connectivity index (χ3v) is 4.18. The highest BCUT2D eigenvalue weighted by Gasteiger charge is 2.16. The molecule has 1 aromatic rings. The molecule has 1 fully saturated rings. The SMILES string of the molecule is CCc1cc(CC(N)CCC2CCCCO2)n(CC)n1. The van der Waals surface area contributed by atoms with E-state index in [4.69, 9.17) is 10.5 Å². The van der Waals surface area contributed by atoms with E-state index in [1.165, 1.54) is 30.7 Å². The first-order valence-electron chi connectivity index (χ1n) is 8.15. The number of nitrogens with two attached hydrogens (primary N) is 1. The third-order valence-electron chi connectivity index (χ3n) is 4.18. The zero-order valence-corrected chi connectivity index (χ0v) is 13.0. The molecule has 0 saturated carbocycles. The van der Waals surface area contributed by atoms with Crippen molar-refractivity contribution in [2.75, 3.05) is 6.61 Å². The fourth-order valence-electron chi connectivity index (χ4n) is 2.93. The fourth-order valence-corrected chi connectivity index (χ4v) is 2.93. The molecule has 0 bridgehead atoms. The van der Waals surface area contributed by atoms with Gasteiger partial charge in [0, 0.05) is 31.3 Å². The number of nitrogens with zero attached hydrogens (tertiary/aromatic N) is 2. The van der Waals surface area contributed by atoms with Crippen LogP contribution in [0.2, 0.25) is 0 Å². The van der Waals surface area contributed by atoms with Crippen LogP contribution in [0.3, 0.4) is 0 Å². The van der Waals surface area contributed by atoms with Gasteiger partial charge in [0.2, 0.25) is 0 Å². The lowest BCUT2D eigenvalue weighted by molar-refractivity contribution is 0.00913. The Kier molecular flexibility index (Phi) is 6.05. The number of hydrogen-bond donors (Lipinski definition) is 1. The number of aromatic nitrogens is 2. The Morgan fingerprint density at radius 2 is 2.30 bits per heavy atom. The molecule has 2 N–H and O–H groups in total. The molecule has 2 unspecified atom stereocenters. The molecule has 20 heavy (non-hydrogen) atoms.